The first-order valence-electron chi connectivity index (χ1n) is 36.5. The lowest BCUT2D eigenvalue weighted by Gasteiger charge is -2.36. The Hall–Kier alpha value is -5.49. The van der Waals surface area contributed by atoms with Gasteiger partial charge in [0.25, 0.3) is 11.8 Å². The summed E-state index contributed by atoms with van der Waals surface area (Å²) in [5.74, 6) is -1.13. The van der Waals surface area contributed by atoms with Gasteiger partial charge in [0.15, 0.2) is 0 Å². The van der Waals surface area contributed by atoms with Crippen molar-refractivity contribution in [2.75, 3.05) is 26.1 Å². The van der Waals surface area contributed by atoms with Crippen molar-refractivity contribution in [2.45, 2.75) is 204 Å². The molecule has 0 aliphatic heterocycles. The molecule has 16 heteroatoms. The molecule has 0 saturated carbocycles. The molecule has 0 saturated heterocycles. The van der Waals surface area contributed by atoms with Gasteiger partial charge in [-0.3, -0.25) is 9.59 Å². The highest BCUT2D eigenvalue weighted by Crippen LogP contribution is 2.36. The lowest BCUT2D eigenvalue weighted by Crippen LogP contribution is -2.43. The third-order valence-corrected chi connectivity index (χ3v) is 16.0. The molecule has 3 aromatic heterocycles. The SMILES string of the molecule is C=II.CC.CC.CC.CC.CC.CC.CC.CC.CC.CI.CNC(C)(C)c1ccccc1.Cc1ccccc1-c1cc(Cl)ncc1C(=O)N(C)C(C)(C)c1ccccc1.Cc1ccccc1-c1cc(Cl)ncc1C(=O)O.Cc1ccccc1-c1cc(I)ncc1C(=O)N(C)C(C)(C)c1ccccc1. The van der Waals surface area contributed by atoms with Gasteiger partial charge in [-0.2, -0.15) is 0 Å². The second-order valence-electron chi connectivity index (χ2n) is 21.3. The molecule has 2 N–H and O–H groups in total. The summed E-state index contributed by atoms with van der Waals surface area (Å²) in [7, 11) is 5.66. The highest BCUT2D eigenvalue weighted by atomic mass is 128. The van der Waals surface area contributed by atoms with E-state index in [0.717, 1.165) is 59.3 Å². The van der Waals surface area contributed by atoms with Gasteiger partial charge in [0.2, 0.25) is 0 Å². The number of nitrogens with one attached hydrogen (secondary N) is 1. The highest BCUT2D eigenvalue weighted by Gasteiger charge is 2.33. The van der Waals surface area contributed by atoms with E-state index in [1.54, 1.807) is 34.3 Å². The molecule has 582 valence electrons. The fourth-order valence-corrected chi connectivity index (χ4v) is 9.81. The highest BCUT2D eigenvalue weighted by molar-refractivity contribution is 15.0. The van der Waals surface area contributed by atoms with Gasteiger partial charge in [0.05, 0.1) is 27.8 Å². The van der Waals surface area contributed by atoms with Crippen molar-refractivity contribution in [3.8, 4) is 33.4 Å². The van der Waals surface area contributed by atoms with Gasteiger partial charge >= 0.3 is 5.97 Å². The Kier molecular flexibility index (Phi) is 69.0. The van der Waals surface area contributed by atoms with Crippen LogP contribution in [0.1, 0.15) is 231 Å². The monoisotopic (exact) mass is 1920 g/mol. The summed E-state index contributed by atoms with van der Waals surface area (Å²) in [6.45, 7) is 54.6. The van der Waals surface area contributed by atoms with Crippen LogP contribution in [0.2, 0.25) is 10.3 Å². The maximum absolute atomic E-state index is 13.5. The molecule has 6 aromatic carbocycles. The second kappa shape index (κ2) is 65.6. The first-order valence-corrected chi connectivity index (χ1v) is 48.3. The van der Waals surface area contributed by atoms with E-state index < -0.39 is 17.0 Å². The van der Waals surface area contributed by atoms with Crippen molar-refractivity contribution < 1.29 is 19.5 Å². The quantitative estimate of drug-likeness (QED) is 0.0703. The van der Waals surface area contributed by atoms with Crippen LogP contribution in [-0.2, 0) is 16.6 Å². The van der Waals surface area contributed by atoms with Crippen molar-refractivity contribution in [3.05, 3.63) is 265 Å². The number of carboxylic acids is 1. The number of amides is 2. The summed E-state index contributed by atoms with van der Waals surface area (Å²) in [6, 6.07) is 59.5. The van der Waals surface area contributed by atoms with Gasteiger partial charge in [-0.05, 0) is 195 Å². The van der Waals surface area contributed by atoms with Gasteiger partial charge in [0.1, 0.15) is 14.0 Å². The molecule has 0 fully saturated rings. The zero-order valence-electron chi connectivity index (χ0n) is 69.4. The van der Waals surface area contributed by atoms with Crippen molar-refractivity contribution in [3.63, 3.8) is 0 Å². The van der Waals surface area contributed by atoms with E-state index in [9.17, 15) is 14.4 Å². The molecule has 3 heterocycles. The van der Waals surface area contributed by atoms with Gasteiger partial charge in [0, 0.05) is 43.8 Å². The van der Waals surface area contributed by atoms with E-state index in [1.165, 1.54) is 11.8 Å². The summed E-state index contributed by atoms with van der Waals surface area (Å²) in [4.78, 5) is 55.9. The normalized spacial score (nSPS) is 9.41. The van der Waals surface area contributed by atoms with E-state index in [2.05, 4.69) is 172 Å². The number of rotatable bonds is 12. The van der Waals surface area contributed by atoms with E-state index in [-0.39, 0.29) is 28.1 Å². The molecule has 105 heavy (non-hydrogen) atoms. The fourth-order valence-electron chi connectivity index (χ4n) is 9.04. The van der Waals surface area contributed by atoms with E-state index in [0.29, 0.717) is 38.6 Å². The largest absolute Gasteiger partial charge is 0.478 e. The fraction of sp³-hybridized carbons (Fsp3) is 0.382. The summed E-state index contributed by atoms with van der Waals surface area (Å²) < 4.78 is 4.45. The number of pyridine rings is 3. The van der Waals surface area contributed by atoms with Gasteiger partial charge in [-0.25, -0.2) is 19.7 Å². The van der Waals surface area contributed by atoms with E-state index >= 15 is 0 Å². The maximum Gasteiger partial charge on any atom is 0.337 e. The lowest BCUT2D eigenvalue weighted by atomic mass is 9.91. The number of nitrogens with zero attached hydrogens (tertiary/aromatic N) is 5. The summed E-state index contributed by atoms with van der Waals surface area (Å²) in [6.07, 6.45) is 4.56. The topological polar surface area (TPSA) is 129 Å². The number of carbonyl (C=O) groups excluding carboxylic acids is 2. The zero-order chi connectivity index (χ0) is 82.6. The van der Waals surface area contributed by atoms with E-state index in [4.69, 9.17) is 28.3 Å². The van der Waals surface area contributed by atoms with Crippen LogP contribution in [0.3, 0.4) is 0 Å². The number of aromatic nitrogens is 3. The van der Waals surface area contributed by atoms with Crippen LogP contribution < -0.4 is 5.32 Å². The Labute approximate surface area is 696 Å². The van der Waals surface area contributed by atoms with Crippen molar-refractivity contribution >= 4 is 126 Å². The maximum atomic E-state index is 13.5. The molecule has 0 unspecified atom stereocenters. The third-order valence-electron chi connectivity index (χ3n) is 15.0. The minimum Gasteiger partial charge on any atom is -0.478 e. The number of hydrogen-bond acceptors (Lipinski definition) is 7. The van der Waals surface area contributed by atoms with Crippen LogP contribution in [0, 0.1) is 24.5 Å². The number of hydrogen-bond donors (Lipinski definition) is 2. The average molecular weight is 1930 g/mol. The van der Waals surface area contributed by atoms with Crippen LogP contribution in [0.4, 0.5) is 0 Å². The first kappa shape index (κ1) is 110. The second-order valence-corrected chi connectivity index (χ2v) is 27.7. The van der Waals surface area contributed by atoms with Crippen LogP contribution in [0.25, 0.3) is 33.4 Å². The number of benzene rings is 6. The van der Waals surface area contributed by atoms with Gasteiger partial charge in [-0.15, -0.1) is 0 Å². The van der Waals surface area contributed by atoms with Crippen molar-refractivity contribution in [2.24, 2.45) is 0 Å². The Morgan fingerprint density at radius 3 is 0.933 bits per heavy atom. The molecule has 0 radical (unpaired) electrons. The molecule has 0 spiro atoms. The van der Waals surface area contributed by atoms with Crippen molar-refractivity contribution in [1.29, 1.82) is 0 Å². The Balaban J connectivity index is -0.000000293. The van der Waals surface area contributed by atoms with Gasteiger partial charge in [-0.1, -0.05) is 355 Å². The minimum atomic E-state index is -1.01. The predicted molar refractivity (Wildman–Crippen MR) is 502 cm³/mol. The first-order chi connectivity index (χ1) is 50.3. The molecular weight excluding hydrogens is 1800 g/mol. The molecule has 0 bridgehead atoms. The Morgan fingerprint density at radius 1 is 0.419 bits per heavy atom. The predicted octanol–water partition coefficient (Wildman–Crippen LogP) is 29.0. The molecule has 2 amide bonds. The summed E-state index contributed by atoms with van der Waals surface area (Å²) >= 11 is 18.9. The molecule has 10 nitrogen and oxygen atoms in total. The third kappa shape index (κ3) is 37.9. The summed E-state index contributed by atoms with van der Waals surface area (Å²) in [5.41, 5.74) is 12.4. The average Bonchev–Trinajstić information content (AvgIpc) is 0.789. The van der Waals surface area contributed by atoms with Crippen LogP contribution in [0.15, 0.2) is 201 Å². The van der Waals surface area contributed by atoms with E-state index in [1.807, 2.05) is 300 Å². The summed E-state index contributed by atoms with van der Waals surface area (Å²) in [5, 5.41) is 13.0. The molecule has 9 rings (SSSR count). The standard InChI is InChI=1S/C23H23ClN2O.C23H23IN2O.C13H10ClNO2.C10H15N.9C2H6.CH2I2.CH3I/c2*1-16-10-8-9-13-18(16)19-14-21(24)25-15-20(19)22(27)26(4)23(2,3)17-11-6-5-7-12-17;1-8-4-2-3-5-9(8)10-6-12(14)15-7-11(10)13(16)17;1-10(2,11-3)9-7-5-4-6-8-9;9*1-2;1-3-2;1-2/h2*5-15H,1-4H3;2-7H,1H3,(H,16,17);4-8,11H,1-3H3;9*1-2H3;1H2;1H3. The lowest BCUT2D eigenvalue weighted by molar-refractivity contribution is 0.0614. The molecular formula is C89H130Cl2I4N6O4. The number of alkyl halides is 1. The zero-order valence-corrected chi connectivity index (χ0v) is 79.6. The molecule has 0 atom stereocenters. The molecule has 0 aliphatic carbocycles. The minimum absolute atomic E-state index is 0.0361. The number of carbonyl (C=O) groups is 3. The van der Waals surface area contributed by atoms with Crippen molar-refractivity contribution in [1.82, 2.24) is 30.1 Å². The molecule has 0 aliphatic rings. The Bertz CT molecular complexity index is 3550. The Morgan fingerprint density at radius 2 is 0.657 bits per heavy atom. The van der Waals surface area contributed by atoms with Crippen LogP contribution in [-0.4, -0.2) is 78.2 Å². The number of aryl methyl sites for hydroxylation is 3. The van der Waals surface area contributed by atoms with Crippen LogP contribution >= 0.6 is 104 Å². The number of aromatic carboxylic acids is 1. The van der Waals surface area contributed by atoms with Gasteiger partial charge < -0.3 is 20.2 Å². The smallest absolute Gasteiger partial charge is 0.337 e. The number of carboxylic acid groups (broad SMARTS) is 1. The molecule has 9 aromatic rings. The number of halogens is 6. The van der Waals surface area contributed by atoms with Crippen LogP contribution in [0.5, 0.6) is 0 Å².